The van der Waals surface area contributed by atoms with E-state index in [0.29, 0.717) is 17.2 Å². The van der Waals surface area contributed by atoms with Gasteiger partial charge in [0, 0.05) is 28.2 Å². The Kier molecular flexibility index (Phi) is 3.70. The van der Waals surface area contributed by atoms with Crippen molar-refractivity contribution < 1.29 is 9.53 Å². The minimum atomic E-state index is -0.0221. The molecule has 1 aromatic heterocycles. The molecule has 0 saturated carbocycles. The molecular formula is C14H15BrN2O2S. The Labute approximate surface area is 129 Å². The van der Waals surface area contributed by atoms with E-state index in [4.69, 9.17) is 10.5 Å². The number of nitrogen functional groups attached to an aromatic ring is 1. The molecular weight excluding hydrogens is 340 g/mol. The first-order chi connectivity index (χ1) is 9.59. The van der Waals surface area contributed by atoms with Crippen molar-refractivity contribution in [1.82, 2.24) is 4.90 Å². The predicted octanol–water partition coefficient (Wildman–Crippen LogP) is 3.11. The molecule has 2 N–H and O–H groups in total. The van der Waals surface area contributed by atoms with Gasteiger partial charge >= 0.3 is 0 Å². The van der Waals surface area contributed by atoms with Crippen LogP contribution in [0.5, 0.6) is 0 Å². The number of halogens is 1. The number of carbonyl (C=O) groups is 1. The minimum absolute atomic E-state index is 0.0221. The summed E-state index contributed by atoms with van der Waals surface area (Å²) in [5, 5.41) is 0.928. The maximum absolute atomic E-state index is 12.6. The standard InChI is InChI=1S/C14H15BrN2O2S/c1-17(8-5-6-19-7-8)14(18)13-12(16)11-9(15)3-2-4-10(11)20-13/h2-4,8H,5-7,16H2,1H3. The van der Waals surface area contributed by atoms with Gasteiger partial charge in [0.2, 0.25) is 0 Å². The molecule has 2 heterocycles. The Hall–Kier alpha value is -1.11. The average molecular weight is 355 g/mol. The Bertz CT molecular complexity index is 664. The van der Waals surface area contributed by atoms with Crippen LogP contribution in [0.25, 0.3) is 10.1 Å². The number of nitrogens with two attached hydrogens (primary N) is 1. The summed E-state index contributed by atoms with van der Waals surface area (Å²) < 4.78 is 7.29. The zero-order valence-corrected chi connectivity index (χ0v) is 13.5. The predicted molar refractivity (Wildman–Crippen MR) is 85.3 cm³/mol. The van der Waals surface area contributed by atoms with Crippen LogP contribution in [0.1, 0.15) is 16.1 Å². The van der Waals surface area contributed by atoms with E-state index in [1.54, 1.807) is 4.90 Å². The summed E-state index contributed by atoms with van der Waals surface area (Å²) in [6.07, 6.45) is 0.886. The molecule has 0 bridgehead atoms. The van der Waals surface area contributed by atoms with Gasteiger partial charge in [0.25, 0.3) is 5.91 Å². The van der Waals surface area contributed by atoms with Crippen molar-refractivity contribution in [1.29, 1.82) is 0 Å². The van der Waals surface area contributed by atoms with E-state index in [1.807, 2.05) is 25.2 Å². The molecule has 1 unspecified atom stereocenters. The highest BCUT2D eigenvalue weighted by molar-refractivity contribution is 9.10. The molecule has 1 atom stereocenters. The summed E-state index contributed by atoms with van der Waals surface area (Å²) >= 11 is 4.94. The third-order valence-electron chi connectivity index (χ3n) is 3.67. The molecule has 1 aromatic carbocycles. The molecule has 1 aliphatic rings. The van der Waals surface area contributed by atoms with Gasteiger partial charge in [0.05, 0.1) is 18.3 Å². The summed E-state index contributed by atoms with van der Waals surface area (Å²) in [7, 11) is 1.82. The first kappa shape index (κ1) is 13.9. The number of amides is 1. The van der Waals surface area contributed by atoms with Gasteiger partial charge in [-0.2, -0.15) is 0 Å². The number of hydrogen-bond donors (Lipinski definition) is 1. The fourth-order valence-electron chi connectivity index (χ4n) is 2.44. The van der Waals surface area contributed by atoms with Crippen LogP contribution in [0.3, 0.4) is 0 Å². The largest absolute Gasteiger partial charge is 0.397 e. The van der Waals surface area contributed by atoms with Gasteiger partial charge in [-0.1, -0.05) is 22.0 Å². The number of benzene rings is 1. The van der Waals surface area contributed by atoms with Crippen molar-refractivity contribution in [3.63, 3.8) is 0 Å². The lowest BCUT2D eigenvalue weighted by molar-refractivity contribution is 0.0717. The lowest BCUT2D eigenvalue weighted by Gasteiger charge is -2.22. The molecule has 4 nitrogen and oxygen atoms in total. The van der Waals surface area contributed by atoms with Crippen LogP contribution in [-0.2, 0) is 4.74 Å². The van der Waals surface area contributed by atoms with Crippen molar-refractivity contribution in [2.75, 3.05) is 26.0 Å². The van der Waals surface area contributed by atoms with Gasteiger partial charge < -0.3 is 15.4 Å². The van der Waals surface area contributed by atoms with Crippen LogP contribution in [0.4, 0.5) is 5.69 Å². The van der Waals surface area contributed by atoms with E-state index in [0.717, 1.165) is 27.6 Å². The number of anilines is 1. The van der Waals surface area contributed by atoms with Crippen LogP contribution in [-0.4, -0.2) is 37.1 Å². The Balaban J connectivity index is 1.99. The highest BCUT2D eigenvalue weighted by Crippen LogP contribution is 2.38. The van der Waals surface area contributed by atoms with Crippen LogP contribution in [0, 0.1) is 0 Å². The van der Waals surface area contributed by atoms with Crippen molar-refractivity contribution in [3.05, 3.63) is 27.5 Å². The van der Waals surface area contributed by atoms with Gasteiger partial charge in [-0.25, -0.2) is 0 Å². The Morgan fingerprint density at radius 1 is 1.55 bits per heavy atom. The van der Waals surface area contributed by atoms with E-state index in [2.05, 4.69) is 15.9 Å². The van der Waals surface area contributed by atoms with E-state index >= 15 is 0 Å². The first-order valence-electron chi connectivity index (χ1n) is 6.41. The van der Waals surface area contributed by atoms with E-state index < -0.39 is 0 Å². The Morgan fingerprint density at radius 2 is 2.35 bits per heavy atom. The smallest absolute Gasteiger partial charge is 0.266 e. The monoisotopic (exact) mass is 354 g/mol. The number of likely N-dealkylation sites (N-methyl/N-ethyl adjacent to an activating group) is 1. The number of carbonyl (C=O) groups excluding carboxylic acids is 1. The van der Waals surface area contributed by atoms with Gasteiger partial charge in [0.1, 0.15) is 4.88 Å². The van der Waals surface area contributed by atoms with Crippen molar-refractivity contribution in [3.8, 4) is 0 Å². The molecule has 0 aliphatic carbocycles. The highest BCUT2D eigenvalue weighted by Gasteiger charge is 2.28. The summed E-state index contributed by atoms with van der Waals surface area (Å²) in [4.78, 5) is 15.0. The van der Waals surface area contributed by atoms with Gasteiger partial charge in [0.15, 0.2) is 0 Å². The van der Waals surface area contributed by atoms with E-state index in [1.165, 1.54) is 11.3 Å². The topological polar surface area (TPSA) is 55.6 Å². The fraction of sp³-hybridized carbons (Fsp3) is 0.357. The van der Waals surface area contributed by atoms with Gasteiger partial charge in [-0.05, 0) is 18.6 Å². The van der Waals surface area contributed by atoms with Crippen molar-refractivity contribution in [2.45, 2.75) is 12.5 Å². The maximum atomic E-state index is 12.6. The Morgan fingerprint density at radius 3 is 3.00 bits per heavy atom. The number of ether oxygens (including phenoxy) is 1. The van der Waals surface area contributed by atoms with Gasteiger partial charge in [-0.3, -0.25) is 4.79 Å². The number of nitrogens with zero attached hydrogens (tertiary/aromatic N) is 1. The fourth-order valence-corrected chi connectivity index (χ4v) is 4.28. The molecule has 1 fully saturated rings. The average Bonchev–Trinajstić information content (AvgIpc) is 3.06. The molecule has 106 valence electrons. The molecule has 1 aliphatic heterocycles. The second kappa shape index (κ2) is 5.35. The van der Waals surface area contributed by atoms with Crippen molar-refractivity contribution >= 4 is 48.9 Å². The molecule has 1 amide bonds. The lowest BCUT2D eigenvalue weighted by atomic mass is 10.2. The van der Waals surface area contributed by atoms with Crippen LogP contribution >= 0.6 is 27.3 Å². The SMILES string of the molecule is CN(C(=O)c1sc2cccc(Br)c2c1N)C1CCOC1. The quantitative estimate of drug-likeness (QED) is 0.901. The summed E-state index contributed by atoms with van der Waals surface area (Å²) in [5.74, 6) is -0.0221. The molecule has 2 aromatic rings. The number of fused-ring (bicyclic) bond motifs is 1. The van der Waals surface area contributed by atoms with E-state index in [-0.39, 0.29) is 11.9 Å². The molecule has 1 saturated heterocycles. The zero-order chi connectivity index (χ0) is 14.3. The normalized spacial score (nSPS) is 18.6. The van der Waals surface area contributed by atoms with Crippen LogP contribution < -0.4 is 5.73 Å². The molecule has 3 rings (SSSR count). The van der Waals surface area contributed by atoms with E-state index in [9.17, 15) is 4.79 Å². The highest BCUT2D eigenvalue weighted by atomic mass is 79.9. The lowest BCUT2D eigenvalue weighted by Crippen LogP contribution is -2.37. The third-order valence-corrected chi connectivity index (χ3v) is 5.49. The first-order valence-corrected chi connectivity index (χ1v) is 8.02. The van der Waals surface area contributed by atoms with Crippen LogP contribution in [0.15, 0.2) is 22.7 Å². The molecule has 0 radical (unpaired) electrons. The molecule has 6 heteroatoms. The summed E-state index contributed by atoms with van der Waals surface area (Å²) in [6, 6.07) is 6.02. The second-order valence-corrected chi connectivity index (χ2v) is 6.80. The minimum Gasteiger partial charge on any atom is -0.397 e. The molecule has 0 spiro atoms. The van der Waals surface area contributed by atoms with Crippen LogP contribution in [0.2, 0.25) is 0 Å². The summed E-state index contributed by atoms with van der Waals surface area (Å²) in [5.41, 5.74) is 6.74. The summed E-state index contributed by atoms with van der Waals surface area (Å²) in [6.45, 7) is 1.33. The zero-order valence-electron chi connectivity index (χ0n) is 11.1. The maximum Gasteiger partial charge on any atom is 0.266 e. The number of thiophene rings is 1. The number of rotatable bonds is 2. The number of hydrogen-bond acceptors (Lipinski definition) is 4. The van der Waals surface area contributed by atoms with Crippen molar-refractivity contribution in [2.24, 2.45) is 0 Å². The molecule has 20 heavy (non-hydrogen) atoms. The van der Waals surface area contributed by atoms with Gasteiger partial charge in [-0.15, -0.1) is 11.3 Å². The third kappa shape index (κ3) is 2.21. The second-order valence-electron chi connectivity index (χ2n) is 4.89.